The lowest BCUT2D eigenvalue weighted by molar-refractivity contribution is -0.248. The third-order valence-electron chi connectivity index (χ3n) is 8.32. The molecule has 10 nitrogen and oxygen atoms in total. The summed E-state index contributed by atoms with van der Waals surface area (Å²) in [6, 6.07) is 0. The van der Waals surface area contributed by atoms with E-state index in [9.17, 15) is 24.3 Å². The normalized spacial score (nSPS) is 40.7. The predicted octanol–water partition coefficient (Wildman–Crippen LogP) is 2.88. The van der Waals surface area contributed by atoms with Crippen molar-refractivity contribution >= 4 is 23.9 Å². The molecule has 214 valence electrons. The zero-order chi connectivity index (χ0) is 28.7. The molecule has 3 fully saturated rings. The summed E-state index contributed by atoms with van der Waals surface area (Å²) >= 11 is 0. The Hall–Kier alpha value is -2.46. The molecule has 2 aliphatic heterocycles. The summed E-state index contributed by atoms with van der Waals surface area (Å²) in [6.07, 6.45) is -3.21. The first kappa shape index (κ1) is 30.1. The van der Waals surface area contributed by atoms with Crippen LogP contribution >= 0.6 is 0 Å². The van der Waals surface area contributed by atoms with Gasteiger partial charge < -0.3 is 28.8 Å². The maximum Gasteiger partial charge on any atom is 0.303 e. The van der Waals surface area contributed by atoms with E-state index in [1.807, 2.05) is 13.8 Å². The molecule has 10 heteroatoms. The lowest BCUT2D eigenvalue weighted by Gasteiger charge is -2.55. The van der Waals surface area contributed by atoms with E-state index in [1.165, 1.54) is 27.7 Å². The number of carbonyl (C=O) groups excluding carboxylic acids is 4. The Morgan fingerprint density at radius 2 is 1.55 bits per heavy atom. The molecule has 0 spiro atoms. The molecule has 3 aliphatic rings. The van der Waals surface area contributed by atoms with Gasteiger partial charge in [0.15, 0.2) is 11.7 Å². The maximum absolute atomic E-state index is 12.5. The van der Waals surface area contributed by atoms with Crippen molar-refractivity contribution in [2.45, 2.75) is 116 Å². The van der Waals surface area contributed by atoms with Gasteiger partial charge in [0, 0.05) is 45.4 Å². The molecule has 0 aromatic heterocycles. The quantitative estimate of drug-likeness (QED) is 0.316. The van der Waals surface area contributed by atoms with Gasteiger partial charge in [-0.25, -0.2) is 0 Å². The molecule has 38 heavy (non-hydrogen) atoms. The summed E-state index contributed by atoms with van der Waals surface area (Å²) in [5.74, 6) is -3.76. The first-order valence-corrected chi connectivity index (χ1v) is 13.3. The number of rotatable bonds is 5. The number of carbonyl (C=O) groups is 4. The summed E-state index contributed by atoms with van der Waals surface area (Å²) in [4.78, 5) is 48.9. The van der Waals surface area contributed by atoms with E-state index in [4.69, 9.17) is 23.7 Å². The zero-order valence-electron chi connectivity index (χ0n) is 23.6. The van der Waals surface area contributed by atoms with Crippen LogP contribution in [0.1, 0.15) is 74.7 Å². The molecule has 0 aromatic rings. The van der Waals surface area contributed by atoms with Crippen molar-refractivity contribution in [1.82, 2.24) is 0 Å². The molecule has 0 aromatic carbocycles. The van der Waals surface area contributed by atoms with Crippen LogP contribution in [0.15, 0.2) is 12.2 Å². The second-order valence-corrected chi connectivity index (χ2v) is 11.8. The molecule has 10 atom stereocenters. The van der Waals surface area contributed by atoms with E-state index in [0.29, 0.717) is 12.0 Å². The smallest absolute Gasteiger partial charge is 0.303 e. The minimum Gasteiger partial charge on any atom is -0.458 e. The van der Waals surface area contributed by atoms with Crippen molar-refractivity contribution in [3.05, 3.63) is 12.2 Å². The highest BCUT2D eigenvalue weighted by atomic mass is 16.6. The summed E-state index contributed by atoms with van der Waals surface area (Å²) in [7, 11) is 0. The Kier molecular flexibility index (Phi) is 8.68. The molecule has 0 radical (unpaired) electrons. The van der Waals surface area contributed by atoms with Crippen molar-refractivity contribution in [3.8, 4) is 0 Å². The average molecular weight is 539 g/mol. The zero-order valence-corrected chi connectivity index (χ0v) is 23.6. The topological polar surface area (TPSA) is 135 Å². The van der Waals surface area contributed by atoms with Crippen LogP contribution in [0.2, 0.25) is 0 Å². The van der Waals surface area contributed by atoms with E-state index in [0.717, 1.165) is 0 Å². The number of aliphatic hydroxyl groups is 1. The largest absolute Gasteiger partial charge is 0.458 e. The highest BCUT2D eigenvalue weighted by Gasteiger charge is 2.70. The molecule has 2 heterocycles. The number of ether oxygens (including phenoxy) is 5. The molecule has 2 bridgehead atoms. The van der Waals surface area contributed by atoms with Crippen LogP contribution in [0.5, 0.6) is 0 Å². The number of fused-ring (bicyclic) bond motifs is 5. The van der Waals surface area contributed by atoms with Crippen LogP contribution in [0.3, 0.4) is 0 Å². The van der Waals surface area contributed by atoms with Gasteiger partial charge in [0.05, 0.1) is 17.8 Å². The fraction of sp³-hybridized carbons (Fsp3) is 0.786. The summed E-state index contributed by atoms with van der Waals surface area (Å²) in [5, 5.41) is 11.8. The first-order valence-electron chi connectivity index (χ1n) is 13.3. The predicted molar refractivity (Wildman–Crippen MR) is 134 cm³/mol. The first-order chi connectivity index (χ1) is 17.5. The van der Waals surface area contributed by atoms with Crippen LogP contribution < -0.4 is 0 Å². The third-order valence-corrected chi connectivity index (χ3v) is 8.32. The van der Waals surface area contributed by atoms with Gasteiger partial charge in [-0.3, -0.25) is 19.2 Å². The number of hydrogen-bond donors (Lipinski definition) is 1. The van der Waals surface area contributed by atoms with E-state index < -0.39 is 83.4 Å². The molecule has 10 unspecified atom stereocenters. The minimum atomic E-state index is -1.47. The fourth-order valence-electron chi connectivity index (χ4n) is 7.12. The Balaban J connectivity index is 2.25. The molecule has 2 saturated heterocycles. The van der Waals surface area contributed by atoms with Gasteiger partial charge in [-0.2, -0.15) is 0 Å². The molecule has 1 saturated carbocycles. The lowest BCUT2D eigenvalue weighted by atomic mass is 9.55. The third kappa shape index (κ3) is 5.76. The SMILES string of the molecule is C=C1CC2OC(C3C(C(C)C)C(OC(C)=O)C(OC(C)=O)C(C)(OC(C)=O)C23)C(C)(O)CCC1OC(C)=O. The lowest BCUT2D eigenvalue weighted by Crippen LogP contribution is -2.69. The number of esters is 4. The van der Waals surface area contributed by atoms with Crippen LogP contribution in [0, 0.1) is 23.7 Å². The van der Waals surface area contributed by atoms with Gasteiger partial charge in [0.2, 0.25) is 0 Å². The van der Waals surface area contributed by atoms with Crippen molar-refractivity contribution < 1.29 is 48.0 Å². The molecular weight excluding hydrogens is 496 g/mol. The van der Waals surface area contributed by atoms with Gasteiger partial charge >= 0.3 is 23.9 Å². The minimum absolute atomic E-state index is 0.0904. The summed E-state index contributed by atoms with van der Waals surface area (Å²) in [5.41, 5.74) is -2.24. The highest BCUT2D eigenvalue weighted by molar-refractivity contribution is 5.69. The van der Waals surface area contributed by atoms with Crippen LogP contribution in [0.25, 0.3) is 0 Å². The highest BCUT2D eigenvalue weighted by Crippen LogP contribution is 2.59. The van der Waals surface area contributed by atoms with Crippen molar-refractivity contribution in [3.63, 3.8) is 0 Å². The molecule has 0 amide bonds. The molecular formula is C28H42O10. The molecule has 1 N–H and O–H groups in total. The van der Waals surface area contributed by atoms with Gasteiger partial charge in [-0.1, -0.05) is 20.4 Å². The van der Waals surface area contributed by atoms with E-state index in [2.05, 4.69) is 6.58 Å². The maximum atomic E-state index is 12.5. The van der Waals surface area contributed by atoms with Crippen molar-refractivity contribution in [2.75, 3.05) is 0 Å². The average Bonchev–Trinajstić information content (AvgIpc) is 3.13. The Morgan fingerprint density at radius 3 is 2.05 bits per heavy atom. The van der Waals surface area contributed by atoms with E-state index in [-0.39, 0.29) is 18.8 Å². The van der Waals surface area contributed by atoms with Gasteiger partial charge in [0.25, 0.3) is 0 Å². The van der Waals surface area contributed by atoms with E-state index >= 15 is 0 Å². The Morgan fingerprint density at radius 1 is 0.974 bits per heavy atom. The van der Waals surface area contributed by atoms with Crippen molar-refractivity contribution in [1.29, 1.82) is 0 Å². The van der Waals surface area contributed by atoms with Crippen molar-refractivity contribution in [2.24, 2.45) is 23.7 Å². The molecule has 3 rings (SSSR count). The molecule has 1 aliphatic carbocycles. The summed E-state index contributed by atoms with van der Waals surface area (Å²) in [6.45, 7) is 16.6. The fourth-order valence-corrected chi connectivity index (χ4v) is 7.12. The van der Waals surface area contributed by atoms with Gasteiger partial charge in [-0.15, -0.1) is 0 Å². The second-order valence-electron chi connectivity index (χ2n) is 11.8. The summed E-state index contributed by atoms with van der Waals surface area (Å²) < 4.78 is 29.7. The Labute approximate surface area is 224 Å². The second kappa shape index (κ2) is 11.0. The van der Waals surface area contributed by atoms with Crippen LogP contribution in [-0.2, 0) is 42.9 Å². The Bertz CT molecular complexity index is 971. The van der Waals surface area contributed by atoms with E-state index in [1.54, 1.807) is 13.8 Å². The number of hydrogen-bond acceptors (Lipinski definition) is 10. The van der Waals surface area contributed by atoms with Gasteiger partial charge in [-0.05, 0) is 44.6 Å². The monoisotopic (exact) mass is 538 g/mol. The standard InChI is InChI=1S/C28H42O10/c1-13(2)21-22-23(28(9,38-18(7)32)26(36-17(6)31)24(21)35-16(5)30)20-12-14(3)19(34-15(4)29)10-11-27(8,33)25(22)37-20/h13,19-26,33H,3,10-12H2,1-2,4-9H3. The van der Waals surface area contributed by atoms with Crippen LogP contribution in [-0.4, -0.2) is 70.7 Å². The van der Waals surface area contributed by atoms with Gasteiger partial charge in [0.1, 0.15) is 12.2 Å². The van der Waals surface area contributed by atoms with Crippen LogP contribution in [0.4, 0.5) is 0 Å².